The molecule has 0 aliphatic carbocycles. The highest BCUT2D eigenvalue weighted by Gasteiger charge is 2.20. The predicted molar refractivity (Wildman–Crippen MR) is 86.7 cm³/mol. The first kappa shape index (κ1) is 17.1. The topological polar surface area (TPSA) is 110 Å². The van der Waals surface area contributed by atoms with Gasteiger partial charge in [-0.25, -0.2) is 0 Å². The highest BCUT2D eigenvalue weighted by molar-refractivity contribution is 5.94. The molecule has 0 aliphatic heterocycles. The number of carbonyl (C=O) groups excluding carboxylic acids is 1. The van der Waals surface area contributed by atoms with Gasteiger partial charge < -0.3 is 10.4 Å². The number of aliphatic carboxylic acids is 1. The minimum atomic E-state index is -1.12. The van der Waals surface area contributed by atoms with Gasteiger partial charge in [0.25, 0.3) is 11.6 Å². The summed E-state index contributed by atoms with van der Waals surface area (Å²) < 4.78 is 0. The van der Waals surface area contributed by atoms with Crippen LogP contribution in [0.3, 0.4) is 0 Å². The second kappa shape index (κ2) is 7.36. The van der Waals surface area contributed by atoms with Crippen molar-refractivity contribution < 1.29 is 19.6 Å². The fraction of sp³-hybridized carbons (Fsp3) is 0.176. The average Bonchev–Trinajstić information content (AvgIpc) is 2.54. The number of nitrogens with zero attached hydrogens (tertiary/aromatic N) is 1. The molecule has 0 spiro atoms. The van der Waals surface area contributed by atoms with E-state index in [2.05, 4.69) is 5.32 Å². The maximum Gasteiger partial charge on any atom is 0.305 e. The van der Waals surface area contributed by atoms with Crippen LogP contribution in [0.5, 0.6) is 0 Å². The Bertz CT molecular complexity index is 771. The van der Waals surface area contributed by atoms with Crippen LogP contribution in [0.25, 0.3) is 0 Å². The van der Waals surface area contributed by atoms with E-state index in [1.54, 1.807) is 30.3 Å². The molecule has 0 bridgehead atoms. The van der Waals surface area contributed by atoms with Gasteiger partial charge in [0.05, 0.1) is 17.4 Å². The van der Waals surface area contributed by atoms with Crippen LogP contribution in [-0.2, 0) is 4.79 Å². The zero-order valence-electron chi connectivity index (χ0n) is 12.9. The van der Waals surface area contributed by atoms with E-state index in [0.29, 0.717) is 11.1 Å². The molecule has 2 N–H and O–H groups in total. The maximum absolute atomic E-state index is 12.3. The predicted octanol–water partition coefficient (Wildman–Crippen LogP) is 2.85. The second-order valence-corrected chi connectivity index (χ2v) is 5.34. The Balaban J connectivity index is 2.26. The summed E-state index contributed by atoms with van der Waals surface area (Å²) in [6.07, 6.45) is -0.376. The third kappa shape index (κ3) is 4.39. The van der Waals surface area contributed by atoms with Gasteiger partial charge in [0, 0.05) is 17.7 Å². The molecule has 1 atom stereocenters. The molecule has 2 aromatic carbocycles. The highest BCUT2D eigenvalue weighted by Crippen LogP contribution is 2.22. The number of hydrogen-bond acceptors (Lipinski definition) is 4. The molecule has 0 saturated heterocycles. The Morgan fingerprint density at radius 1 is 1.21 bits per heavy atom. The van der Waals surface area contributed by atoms with Crippen LogP contribution < -0.4 is 5.32 Å². The van der Waals surface area contributed by atoms with Gasteiger partial charge in [-0.15, -0.1) is 0 Å². The lowest BCUT2D eigenvalue weighted by Crippen LogP contribution is -2.30. The van der Waals surface area contributed by atoms with Gasteiger partial charge in [-0.1, -0.05) is 29.8 Å². The van der Waals surface area contributed by atoms with Crippen molar-refractivity contribution in [3.05, 3.63) is 75.3 Å². The van der Waals surface area contributed by atoms with Gasteiger partial charge in [-0.3, -0.25) is 19.7 Å². The normalized spacial score (nSPS) is 11.5. The molecule has 2 aromatic rings. The molecule has 0 aromatic heterocycles. The van der Waals surface area contributed by atoms with Crippen molar-refractivity contribution in [3.8, 4) is 0 Å². The van der Waals surface area contributed by atoms with Crippen molar-refractivity contribution in [2.75, 3.05) is 0 Å². The van der Waals surface area contributed by atoms with Crippen molar-refractivity contribution in [1.82, 2.24) is 5.32 Å². The summed E-state index contributed by atoms with van der Waals surface area (Å²) in [5.41, 5.74) is 1.59. The van der Waals surface area contributed by atoms with Gasteiger partial charge in [-0.05, 0) is 24.6 Å². The van der Waals surface area contributed by atoms with E-state index in [-0.39, 0.29) is 12.1 Å². The van der Waals surface area contributed by atoms with Crippen LogP contribution >= 0.6 is 0 Å². The smallest absolute Gasteiger partial charge is 0.305 e. The van der Waals surface area contributed by atoms with Gasteiger partial charge in [0.1, 0.15) is 0 Å². The van der Waals surface area contributed by atoms with Crippen molar-refractivity contribution in [2.45, 2.75) is 19.4 Å². The van der Waals surface area contributed by atoms with Crippen LogP contribution in [0.2, 0.25) is 0 Å². The number of non-ortho nitro benzene ring substituents is 1. The van der Waals surface area contributed by atoms with Gasteiger partial charge >= 0.3 is 5.97 Å². The van der Waals surface area contributed by atoms with Crippen molar-refractivity contribution in [2.24, 2.45) is 0 Å². The summed E-state index contributed by atoms with van der Waals surface area (Å²) in [4.78, 5) is 33.7. The number of benzene rings is 2. The lowest BCUT2D eigenvalue weighted by Gasteiger charge is -2.17. The van der Waals surface area contributed by atoms with Crippen LogP contribution in [0.15, 0.2) is 48.5 Å². The summed E-state index contributed by atoms with van der Waals surface area (Å²) in [5, 5.41) is 22.6. The Morgan fingerprint density at radius 3 is 2.46 bits per heavy atom. The fourth-order valence-corrected chi connectivity index (χ4v) is 2.23. The largest absolute Gasteiger partial charge is 0.481 e. The molecular weight excluding hydrogens is 312 g/mol. The minimum absolute atomic E-state index is 0.160. The molecule has 0 heterocycles. The zero-order valence-corrected chi connectivity index (χ0v) is 12.9. The standard InChI is InChI=1S/C17H16N2O5/c1-11-5-7-12(8-6-11)17(22)18-15(10-16(20)21)13-3-2-4-14(9-13)19(23)24/h2-9,15H,10H2,1H3,(H,18,22)(H,20,21). The number of hydrogen-bond donors (Lipinski definition) is 2. The summed E-state index contributed by atoms with van der Waals surface area (Å²) in [6, 6.07) is 11.5. The number of carboxylic acid groups (broad SMARTS) is 1. The summed E-state index contributed by atoms with van der Waals surface area (Å²) in [7, 11) is 0. The first-order valence-electron chi connectivity index (χ1n) is 7.20. The molecule has 7 heteroatoms. The van der Waals surface area contributed by atoms with Crippen LogP contribution in [-0.4, -0.2) is 21.9 Å². The number of carboxylic acids is 1. The molecule has 1 unspecified atom stereocenters. The second-order valence-electron chi connectivity index (χ2n) is 5.34. The molecule has 24 heavy (non-hydrogen) atoms. The highest BCUT2D eigenvalue weighted by atomic mass is 16.6. The lowest BCUT2D eigenvalue weighted by atomic mass is 10.0. The van der Waals surface area contributed by atoms with E-state index in [4.69, 9.17) is 5.11 Å². The fourth-order valence-electron chi connectivity index (χ4n) is 2.23. The number of nitro groups is 1. The molecule has 0 radical (unpaired) electrons. The SMILES string of the molecule is Cc1ccc(C(=O)NC(CC(=O)O)c2cccc([N+](=O)[O-])c2)cc1. The number of nitrogens with one attached hydrogen (secondary N) is 1. The van der Waals surface area contributed by atoms with Crippen LogP contribution in [0.4, 0.5) is 5.69 Å². The van der Waals surface area contributed by atoms with E-state index in [1.807, 2.05) is 6.92 Å². The summed E-state index contributed by atoms with van der Waals surface area (Å²) >= 11 is 0. The van der Waals surface area contributed by atoms with E-state index in [1.165, 1.54) is 18.2 Å². The van der Waals surface area contributed by atoms with Crippen molar-refractivity contribution in [3.63, 3.8) is 0 Å². The number of nitro benzene ring substituents is 1. The van der Waals surface area contributed by atoms with Crippen LogP contribution in [0.1, 0.15) is 33.9 Å². The Labute approximate surface area is 138 Å². The van der Waals surface area contributed by atoms with Gasteiger partial charge in [-0.2, -0.15) is 0 Å². The maximum atomic E-state index is 12.3. The molecule has 0 fully saturated rings. The molecule has 1 amide bonds. The average molecular weight is 328 g/mol. The summed E-state index contributed by atoms with van der Waals surface area (Å²) in [6.45, 7) is 1.89. The lowest BCUT2D eigenvalue weighted by molar-refractivity contribution is -0.384. The molecular formula is C17H16N2O5. The third-order valence-electron chi connectivity index (χ3n) is 3.48. The molecule has 2 rings (SSSR count). The number of rotatable bonds is 6. The van der Waals surface area contributed by atoms with Gasteiger partial charge in [0.15, 0.2) is 0 Å². The summed E-state index contributed by atoms with van der Waals surface area (Å²) in [5.74, 6) is -1.55. The van der Waals surface area contributed by atoms with Crippen LogP contribution in [0, 0.1) is 17.0 Å². The first-order chi connectivity index (χ1) is 11.4. The Kier molecular flexibility index (Phi) is 5.26. The van der Waals surface area contributed by atoms with Gasteiger partial charge in [0.2, 0.25) is 0 Å². The third-order valence-corrected chi connectivity index (χ3v) is 3.48. The Hall–Kier alpha value is -3.22. The monoisotopic (exact) mass is 328 g/mol. The number of amides is 1. The minimum Gasteiger partial charge on any atom is -0.481 e. The zero-order chi connectivity index (χ0) is 17.7. The van der Waals surface area contributed by atoms with E-state index >= 15 is 0 Å². The molecule has 7 nitrogen and oxygen atoms in total. The van der Waals surface area contributed by atoms with E-state index in [0.717, 1.165) is 5.56 Å². The molecule has 0 aliphatic rings. The van der Waals surface area contributed by atoms with Crippen molar-refractivity contribution >= 4 is 17.6 Å². The van der Waals surface area contributed by atoms with Crippen molar-refractivity contribution in [1.29, 1.82) is 0 Å². The molecule has 0 saturated carbocycles. The Morgan fingerprint density at radius 2 is 1.88 bits per heavy atom. The quantitative estimate of drug-likeness (QED) is 0.626. The number of carbonyl (C=O) groups is 2. The molecule has 124 valence electrons. The first-order valence-corrected chi connectivity index (χ1v) is 7.20. The van der Waals surface area contributed by atoms with E-state index < -0.39 is 22.8 Å². The van der Waals surface area contributed by atoms with E-state index in [9.17, 15) is 19.7 Å². The number of aryl methyl sites for hydroxylation is 1.